The molecule has 2 saturated heterocycles. The highest BCUT2D eigenvalue weighted by Crippen LogP contribution is 2.32. The second-order valence-corrected chi connectivity index (χ2v) is 8.83. The van der Waals surface area contributed by atoms with Gasteiger partial charge in [0.2, 0.25) is 0 Å². The van der Waals surface area contributed by atoms with E-state index in [0.29, 0.717) is 5.92 Å². The molecule has 0 unspecified atom stereocenters. The van der Waals surface area contributed by atoms with E-state index in [1.807, 2.05) is 0 Å². The van der Waals surface area contributed by atoms with E-state index in [2.05, 4.69) is 35.8 Å². The van der Waals surface area contributed by atoms with Gasteiger partial charge in [-0.05, 0) is 61.6 Å². The quantitative estimate of drug-likeness (QED) is 0.775. The van der Waals surface area contributed by atoms with Gasteiger partial charge in [0, 0.05) is 50.6 Å². The Morgan fingerprint density at radius 3 is 2.71 bits per heavy atom. The lowest BCUT2D eigenvalue weighted by Gasteiger charge is -2.30. The Balaban J connectivity index is 1.40. The molecule has 0 saturated carbocycles. The number of amides is 1. The molecule has 1 aromatic rings. The molecule has 3 heterocycles. The largest absolute Gasteiger partial charge is 0.381 e. The molecule has 0 radical (unpaired) electrons. The number of nitrogens with zero attached hydrogens (tertiary/aromatic N) is 2. The number of fused-ring (bicyclic) bond motifs is 1. The third kappa shape index (κ3) is 4.36. The molecule has 28 heavy (non-hydrogen) atoms. The SMILES string of the molecule is Cc1cc2c(cc1N1CCOCC1)C(=O)N(C[C@@H](C)C[C@H]1CCCOCC1)C2. The number of carbonyl (C=O) groups excluding carboxylic acids is 1. The number of carbonyl (C=O) groups is 1. The van der Waals surface area contributed by atoms with Gasteiger partial charge in [-0.1, -0.05) is 13.0 Å². The number of rotatable bonds is 5. The second kappa shape index (κ2) is 8.83. The molecule has 154 valence electrons. The molecular formula is C23H34N2O3. The number of benzene rings is 1. The average Bonchev–Trinajstić information content (AvgIpc) is 2.86. The summed E-state index contributed by atoms with van der Waals surface area (Å²) in [7, 11) is 0. The summed E-state index contributed by atoms with van der Waals surface area (Å²) in [5, 5.41) is 0. The highest BCUT2D eigenvalue weighted by molar-refractivity contribution is 5.99. The average molecular weight is 387 g/mol. The van der Waals surface area contributed by atoms with E-state index in [-0.39, 0.29) is 5.91 Å². The van der Waals surface area contributed by atoms with Crippen molar-refractivity contribution in [2.24, 2.45) is 11.8 Å². The molecule has 5 heteroatoms. The number of ether oxygens (including phenoxy) is 2. The normalized spacial score (nSPS) is 24.2. The monoisotopic (exact) mass is 386 g/mol. The maximum Gasteiger partial charge on any atom is 0.254 e. The van der Waals surface area contributed by atoms with Crippen molar-refractivity contribution in [3.05, 3.63) is 28.8 Å². The number of aryl methyl sites for hydroxylation is 1. The van der Waals surface area contributed by atoms with E-state index in [1.165, 1.54) is 42.5 Å². The van der Waals surface area contributed by atoms with Crippen LogP contribution < -0.4 is 4.90 Å². The van der Waals surface area contributed by atoms with Gasteiger partial charge in [0.05, 0.1) is 13.2 Å². The number of hydrogen-bond acceptors (Lipinski definition) is 4. The van der Waals surface area contributed by atoms with E-state index in [0.717, 1.165) is 64.1 Å². The minimum atomic E-state index is 0.209. The molecular weight excluding hydrogens is 352 g/mol. The lowest BCUT2D eigenvalue weighted by molar-refractivity contribution is 0.0746. The first-order chi connectivity index (χ1) is 13.6. The van der Waals surface area contributed by atoms with Crippen molar-refractivity contribution in [1.82, 2.24) is 4.90 Å². The van der Waals surface area contributed by atoms with Crippen LogP contribution in [-0.4, -0.2) is 56.9 Å². The summed E-state index contributed by atoms with van der Waals surface area (Å²) < 4.78 is 11.1. The van der Waals surface area contributed by atoms with Crippen LogP contribution in [0.2, 0.25) is 0 Å². The van der Waals surface area contributed by atoms with Crippen molar-refractivity contribution in [3.63, 3.8) is 0 Å². The number of hydrogen-bond donors (Lipinski definition) is 0. The minimum Gasteiger partial charge on any atom is -0.381 e. The Morgan fingerprint density at radius 2 is 1.89 bits per heavy atom. The van der Waals surface area contributed by atoms with E-state index >= 15 is 0 Å². The molecule has 4 rings (SSSR count). The van der Waals surface area contributed by atoms with Crippen molar-refractivity contribution in [2.75, 3.05) is 51.0 Å². The van der Waals surface area contributed by atoms with E-state index < -0.39 is 0 Å². The summed E-state index contributed by atoms with van der Waals surface area (Å²) in [6.07, 6.45) is 4.80. The van der Waals surface area contributed by atoms with Crippen LogP contribution in [0.5, 0.6) is 0 Å². The smallest absolute Gasteiger partial charge is 0.254 e. The van der Waals surface area contributed by atoms with Crippen LogP contribution in [-0.2, 0) is 16.0 Å². The third-order valence-corrected chi connectivity index (χ3v) is 6.49. The highest BCUT2D eigenvalue weighted by Gasteiger charge is 2.30. The Hall–Kier alpha value is -1.59. The number of anilines is 1. The molecule has 0 aliphatic carbocycles. The van der Waals surface area contributed by atoms with Gasteiger partial charge in [0.25, 0.3) is 5.91 Å². The van der Waals surface area contributed by atoms with E-state index in [9.17, 15) is 4.79 Å². The Labute approximate surface area is 169 Å². The van der Waals surface area contributed by atoms with Crippen LogP contribution in [0.4, 0.5) is 5.69 Å². The third-order valence-electron chi connectivity index (χ3n) is 6.49. The maximum absolute atomic E-state index is 13.1. The zero-order chi connectivity index (χ0) is 19.5. The fourth-order valence-electron chi connectivity index (χ4n) is 5.05. The molecule has 0 spiro atoms. The Kier molecular flexibility index (Phi) is 6.22. The molecule has 2 atom stereocenters. The van der Waals surface area contributed by atoms with Crippen LogP contribution in [0, 0.1) is 18.8 Å². The van der Waals surface area contributed by atoms with Crippen LogP contribution in [0.3, 0.4) is 0 Å². The summed E-state index contributed by atoms with van der Waals surface area (Å²) in [4.78, 5) is 17.5. The fraction of sp³-hybridized carbons (Fsp3) is 0.696. The van der Waals surface area contributed by atoms with Crippen molar-refractivity contribution >= 4 is 11.6 Å². The zero-order valence-corrected chi connectivity index (χ0v) is 17.4. The molecule has 0 aromatic heterocycles. The van der Waals surface area contributed by atoms with Gasteiger partial charge in [-0.25, -0.2) is 0 Å². The van der Waals surface area contributed by atoms with Crippen molar-refractivity contribution in [2.45, 2.75) is 46.1 Å². The summed E-state index contributed by atoms with van der Waals surface area (Å²) in [6, 6.07) is 4.36. The summed E-state index contributed by atoms with van der Waals surface area (Å²) >= 11 is 0. The molecule has 1 amide bonds. The highest BCUT2D eigenvalue weighted by atomic mass is 16.5. The minimum absolute atomic E-state index is 0.209. The first-order valence-corrected chi connectivity index (χ1v) is 10.9. The Morgan fingerprint density at radius 1 is 1.11 bits per heavy atom. The first kappa shape index (κ1) is 19.7. The summed E-state index contributed by atoms with van der Waals surface area (Å²) in [5.41, 5.74) is 4.56. The summed E-state index contributed by atoms with van der Waals surface area (Å²) in [5.74, 6) is 1.48. The second-order valence-electron chi connectivity index (χ2n) is 8.83. The predicted molar refractivity (Wildman–Crippen MR) is 111 cm³/mol. The maximum atomic E-state index is 13.1. The van der Waals surface area contributed by atoms with Crippen LogP contribution >= 0.6 is 0 Å². The van der Waals surface area contributed by atoms with Gasteiger partial charge in [0.15, 0.2) is 0 Å². The van der Waals surface area contributed by atoms with Crippen LogP contribution in [0.15, 0.2) is 12.1 Å². The molecule has 2 fully saturated rings. The lowest BCUT2D eigenvalue weighted by atomic mass is 9.90. The first-order valence-electron chi connectivity index (χ1n) is 10.9. The van der Waals surface area contributed by atoms with Crippen LogP contribution in [0.25, 0.3) is 0 Å². The molecule has 3 aliphatic rings. The van der Waals surface area contributed by atoms with Gasteiger partial charge in [-0.2, -0.15) is 0 Å². The molecule has 0 N–H and O–H groups in total. The zero-order valence-electron chi connectivity index (χ0n) is 17.4. The van der Waals surface area contributed by atoms with E-state index in [4.69, 9.17) is 9.47 Å². The van der Waals surface area contributed by atoms with E-state index in [1.54, 1.807) is 0 Å². The van der Waals surface area contributed by atoms with Crippen molar-refractivity contribution < 1.29 is 14.3 Å². The van der Waals surface area contributed by atoms with Gasteiger partial charge >= 0.3 is 0 Å². The standard InChI is InChI=1S/C23H34N2O3/c1-17(12-19-4-3-8-27-9-5-19)15-25-16-20-13-18(2)22(14-21(20)23(25)26)24-6-10-28-11-7-24/h13-14,17,19H,3-12,15-16H2,1-2H3/t17-,19-/m0/s1. The summed E-state index contributed by atoms with van der Waals surface area (Å²) in [6.45, 7) is 11.2. The lowest BCUT2D eigenvalue weighted by Crippen LogP contribution is -2.36. The fourth-order valence-corrected chi connectivity index (χ4v) is 5.05. The topological polar surface area (TPSA) is 42.0 Å². The van der Waals surface area contributed by atoms with Gasteiger partial charge in [-0.15, -0.1) is 0 Å². The molecule has 1 aromatic carbocycles. The Bertz CT molecular complexity index is 691. The van der Waals surface area contributed by atoms with Crippen LogP contribution in [0.1, 0.15) is 54.1 Å². The number of morpholine rings is 1. The van der Waals surface area contributed by atoms with Gasteiger partial charge in [0.1, 0.15) is 0 Å². The molecule has 3 aliphatic heterocycles. The van der Waals surface area contributed by atoms with Gasteiger partial charge < -0.3 is 19.3 Å². The predicted octanol–water partition coefficient (Wildman–Crippen LogP) is 3.63. The molecule has 0 bridgehead atoms. The molecule has 5 nitrogen and oxygen atoms in total. The van der Waals surface area contributed by atoms with Gasteiger partial charge in [-0.3, -0.25) is 4.79 Å². The van der Waals surface area contributed by atoms with Crippen molar-refractivity contribution in [3.8, 4) is 0 Å². The van der Waals surface area contributed by atoms with Crippen molar-refractivity contribution in [1.29, 1.82) is 0 Å².